The highest BCUT2D eigenvalue weighted by Crippen LogP contribution is 2.48. The first-order chi connectivity index (χ1) is 8.12. The number of para-hydroxylation sites is 1. The number of carbonyl (C=O) groups is 2. The molecule has 1 aliphatic heterocycles. The van der Waals surface area contributed by atoms with Crippen LogP contribution in [0.15, 0.2) is 18.2 Å². The van der Waals surface area contributed by atoms with Crippen molar-refractivity contribution in [3.05, 3.63) is 23.8 Å². The van der Waals surface area contributed by atoms with E-state index in [1.807, 2.05) is 0 Å². The minimum absolute atomic E-state index is 0.00807. The molecule has 1 saturated carbocycles. The number of rotatable bonds is 1. The average molecular weight is 232 g/mol. The maximum Gasteiger partial charge on any atom is 0.337 e. The van der Waals surface area contributed by atoms with Crippen molar-refractivity contribution in [2.24, 2.45) is 5.41 Å². The number of carbonyl (C=O) groups excluding carboxylic acids is 1. The summed E-state index contributed by atoms with van der Waals surface area (Å²) in [5.74, 6) is -0.998. The smallest absolute Gasteiger partial charge is 0.337 e. The fourth-order valence-electron chi connectivity index (χ4n) is 2.17. The molecule has 17 heavy (non-hydrogen) atoms. The molecule has 3 N–H and O–H groups in total. The zero-order chi connectivity index (χ0) is 12.0. The molecule has 0 saturated heterocycles. The van der Waals surface area contributed by atoms with Gasteiger partial charge in [0, 0.05) is 6.54 Å². The van der Waals surface area contributed by atoms with Gasteiger partial charge in [0.05, 0.1) is 22.4 Å². The average Bonchev–Trinajstić information content (AvgIpc) is 3.08. The molecule has 1 aliphatic carbocycles. The Hall–Kier alpha value is -2.04. The molecule has 1 fully saturated rings. The third-order valence-corrected chi connectivity index (χ3v) is 3.48. The molecule has 88 valence electrons. The van der Waals surface area contributed by atoms with E-state index in [1.54, 1.807) is 12.1 Å². The first-order valence-corrected chi connectivity index (χ1v) is 5.54. The summed E-state index contributed by atoms with van der Waals surface area (Å²) in [6.45, 7) is 0.510. The molecule has 1 spiro atoms. The normalized spacial score (nSPS) is 19.9. The quantitative estimate of drug-likeness (QED) is 0.686. The molecule has 0 bridgehead atoms. The molecular weight excluding hydrogens is 220 g/mol. The van der Waals surface area contributed by atoms with Crippen LogP contribution in [0.25, 0.3) is 0 Å². The van der Waals surface area contributed by atoms with Gasteiger partial charge in [0.15, 0.2) is 0 Å². The lowest BCUT2D eigenvalue weighted by Gasteiger charge is -2.10. The van der Waals surface area contributed by atoms with Crippen LogP contribution in [-0.4, -0.2) is 23.5 Å². The van der Waals surface area contributed by atoms with Crippen LogP contribution in [-0.2, 0) is 4.79 Å². The minimum Gasteiger partial charge on any atom is -0.478 e. The Bertz CT molecular complexity index is 520. The summed E-state index contributed by atoms with van der Waals surface area (Å²) in [7, 11) is 0. The first-order valence-electron chi connectivity index (χ1n) is 5.54. The summed E-state index contributed by atoms with van der Waals surface area (Å²) in [4.78, 5) is 23.0. The van der Waals surface area contributed by atoms with E-state index >= 15 is 0 Å². The fourth-order valence-corrected chi connectivity index (χ4v) is 2.17. The second kappa shape index (κ2) is 3.23. The van der Waals surface area contributed by atoms with E-state index in [2.05, 4.69) is 10.6 Å². The van der Waals surface area contributed by atoms with Gasteiger partial charge in [-0.25, -0.2) is 4.79 Å². The SMILES string of the molecule is O=C(O)c1cccc2c1NCC1(CC1)C(=O)N2. The third-order valence-electron chi connectivity index (χ3n) is 3.48. The number of carboxylic acids is 1. The number of carboxylic acid groups (broad SMARTS) is 1. The molecule has 0 radical (unpaired) electrons. The number of aromatic carboxylic acids is 1. The van der Waals surface area contributed by atoms with Crippen molar-refractivity contribution in [1.82, 2.24) is 0 Å². The number of hydrogen-bond acceptors (Lipinski definition) is 3. The minimum atomic E-state index is -0.990. The van der Waals surface area contributed by atoms with Gasteiger partial charge in [0.2, 0.25) is 5.91 Å². The van der Waals surface area contributed by atoms with Gasteiger partial charge in [-0.15, -0.1) is 0 Å². The Morgan fingerprint density at radius 3 is 2.76 bits per heavy atom. The molecule has 2 aliphatic rings. The molecule has 5 nitrogen and oxygen atoms in total. The van der Waals surface area contributed by atoms with E-state index in [0.29, 0.717) is 17.9 Å². The lowest BCUT2D eigenvalue weighted by Crippen LogP contribution is -2.27. The van der Waals surface area contributed by atoms with E-state index in [-0.39, 0.29) is 16.9 Å². The third kappa shape index (κ3) is 1.46. The lowest BCUT2D eigenvalue weighted by atomic mass is 10.1. The number of amides is 1. The number of hydrogen-bond donors (Lipinski definition) is 3. The monoisotopic (exact) mass is 232 g/mol. The van der Waals surface area contributed by atoms with Crippen molar-refractivity contribution in [2.75, 3.05) is 17.2 Å². The molecule has 3 rings (SSSR count). The fraction of sp³-hybridized carbons (Fsp3) is 0.333. The van der Waals surface area contributed by atoms with Crippen LogP contribution in [0.1, 0.15) is 23.2 Å². The Kier molecular flexibility index (Phi) is 1.92. The first kappa shape index (κ1) is 10.1. The van der Waals surface area contributed by atoms with Crippen molar-refractivity contribution >= 4 is 23.3 Å². The van der Waals surface area contributed by atoms with Crippen molar-refractivity contribution < 1.29 is 14.7 Å². The summed E-state index contributed by atoms with van der Waals surface area (Å²) < 4.78 is 0. The van der Waals surface area contributed by atoms with Gasteiger partial charge in [-0.2, -0.15) is 0 Å². The maximum atomic E-state index is 11.9. The van der Waals surface area contributed by atoms with Crippen LogP contribution < -0.4 is 10.6 Å². The van der Waals surface area contributed by atoms with Gasteiger partial charge in [0.1, 0.15) is 0 Å². The number of anilines is 2. The lowest BCUT2D eigenvalue weighted by molar-refractivity contribution is -0.120. The summed E-state index contributed by atoms with van der Waals surface area (Å²) in [5.41, 5.74) is 0.936. The topological polar surface area (TPSA) is 78.4 Å². The van der Waals surface area contributed by atoms with Crippen LogP contribution in [0.5, 0.6) is 0 Å². The highest BCUT2D eigenvalue weighted by Gasteiger charge is 2.51. The van der Waals surface area contributed by atoms with Gasteiger partial charge >= 0.3 is 5.97 Å². The Labute approximate surface area is 97.8 Å². The number of fused-ring (bicyclic) bond motifs is 1. The largest absolute Gasteiger partial charge is 0.478 e. The van der Waals surface area contributed by atoms with E-state index in [1.165, 1.54) is 6.07 Å². The van der Waals surface area contributed by atoms with Crippen LogP contribution in [0.2, 0.25) is 0 Å². The highest BCUT2D eigenvalue weighted by molar-refractivity contribution is 6.06. The zero-order valence-corrected chi connectivity index (χ0v) is 9.12. The van der Waals surface area contributed by atoms with Gasteiger partial charge in [-0.1, -0.05) is 6.07 Å². The predicted molar refractivity (Wildman–Crippen MR) is 62.2 cm³/mol. The zero-order valence-electron chi connectivity index (χ0n) is 9.12. The van der Waals surface area contributed by atoms with Crippen molar-refractivity contribution in [2.45, 2.75) is 12.8 Å². The van der Waals surface area contributed by atoms with Gasteiger partial charge < -0.3 is 15.7 Å². The molecule has 1 aromatic rings. The molecule has 0 unspecified atom stereocenters. The van der Waals surface area contributed by atoms with Gasteiger partial charge in [0.25, 0.3) is 0 Å². The summed E-state index contributed by atoms with van der Waals surface area (Å²) in [6, 6.07) is 4.88. The molecule has 0 aromatic heterocycles. The van der Waals surface area contributed by atoms with Crippen LogP contribution in [0.4, 0.5) is 11.4 Å². The summed E-state index contributed by atoms with van der Waals surface area (Å²) in [6.07, 6.45) is 1.73. The van der Waals surface area contributed by atoms with Crippen molar-refractivity contribution in [3.8, 4) is 0 Å². The molecule has 5 heteroatoms. The summed E-state index contributed by atoms with van der Waals surface area (Å²) >= 11 is 0. The van der Waals surface area contributed by atoms with Crippen LogP contribution in [0.3, 0.4) is 0 Å². The van der Waals surface area contributed by atoms with Crippen molar-refractivity contribution in [3.63, 3.8) is 0 Å². The number of nitrogens with one attached hydrogen (secondary N) is 2. The standard InChI is InChI=1S/C12H12N2O3/c15-10(16)7-2-1-3-8-9(7)13-6-12(4-5-12)11(17)14-8/h1-3,13H,4-6H2,(H,14,17)(H,15,16). The maximum absolute atomic E-state index is 11.9. The van der Waals surface area contributed by atoms with Crippen LogP contribution >= 0.6 is 0 Å². The Morgan fingerprint density at radius 1 is 1.35 bits per heavy atom. The molecule has 0 atom stereocenters. The second-order valence-corrected chi connectivity index (χ2v) is 4.62. The highest BCUT2D eigenvalue weighted by atomic mass is 16.4. The van der Waals surface area contributed by atoms with E-state index < -0.39 is 5.97 Å². The van der Waals surface area contributed by atoms with E-state index in [9.17, 15) is 9.59 Å². The van der Waals surface area contributed by atoms with Gasteiger partial charge in [-0.05, 0) is 25.0 Å². The van der Waals surface area contributed by atoms with E-state index in [0.717, 1.165) is 12.8 Å². The van der Waals surface area contributed by atoms with Gasteiger partial charge in [-0.3, -0.25) is 4.79 Å². The molecule has 1 heterocycles. The summed E-state index contributed by atoms with van der Waals surface area (Å²) in [5, 5.41) is 15.0. The van der Waals surface area contributed by atoms with E-state index in [4.69, 9.17) is 5.11 Å². The second-order valence-electron chi connectivity index (χ2n) is 4.62. The van der Waals surface area contributed by atoms with Crippen molar-refractivity contribution in [1.29, 1.82) is 0 Å². The Morgan fingerprint density at radius 2 is 2.12 bits per heavy atom. The van der Waals surface area contributed by atoms with Crippen LogP contribution in [0, 0.1) is 5.41 Å². The molecular formula is C12H12N2O3. The molecule has 1 amide bonds. The predicted octanol–water partition coefficient (Wildman–Crippen LogP) is 1.53. The number of benzene rings is 1. The molecule has 1 aromatic carbocycles. The Balaban J connectivity index is 2.06.